The molecule has 0 aromatic heterocycles. The number of ether oxygens (including phenoxy) is 1. The van der Waals surface area contributed by atoms with E-state index in [0.717, 1.165) is 12.2 Å². The van der Waals surface area contributed by atoms with Gasteiger partial charge < -0.3 is 15.6 Å². The first-order chi connectivity index (χ1) is 8.49. The van der Waals surface area contributed by atoms with Crippen LogP contribution in [0.5, 0.6) is 5.75 Å². The smallest absolute Gasteiger partial charge is 0.303 e. The second kappa shape index (κ2) is 9.74. The Labute approximate surface area is 113 Å². The molecule has 5 heteroatoms. The van der Waals surface area contributed by atoms with Crippen LogP contribution >= 0.6 is 11.6 Å². The summed E-state index contributed by atoms with van der Waals surface area (Å²) in [5, 5.41) is 8.41. The number of aliphatic carboxylic acids is 1. The van der Waals surface area contributed by atoms with Gasteiger partial charge in [0.15, 0.2) is 0 Å². The van der Waals surface area contributed by atoms with Crippen molar-refractivity contribution < 1.29 is 14.6 Å². The molecule has 0 aliphatic carbocycles. The summed E-state index contributed by atoms with van der Waals surface area (Å²) in [6.45, 7) is 4.23. The van der Waals surface area contributed by atoms with Gasteiger partial charge in [0, 0.05) is 11.4 Å². The lowest BCUT2D eigenvalue weighted by molar-refractivity contribution is -0.136. The molecule has 3 N–H and O–H groups in total. The standard InChI is InChI=1S/C10H14ClNO.C3H6O2/c1-8(5-6-12)13-10-4-2-3-9(11)7-10;1-2-3(4)5/h2-4,7-8H,5-6,12H2,1H3;2H2,1H3,(H,4,5). The van der Waals surface area contributed by atoms with E-state index in [2.05, 4.69) is 0 Å². The van der Waals surface area contributed by atoms with Crippen LogP contribution in [-0.2, 0) is 4.79 Å². The molecule has 1 aromatic carbocycles. The van der Waals surface area contributed by atoms with Gasteiger partial charge in [-0.15, -0.1) is 0 Å². The van der Waals surface area contributed by atoms with E-state index in [0.29, 0.717) is 11.6 Å². The van der Waals surface area contributed by atoms with Crippen LogP contribution in [0, 0.1) is 0 Å². The minimum atomic E-state index is -0.745. The Morgan fingerprint density at radius 1 is 1.56 bits per heavy atom. The van der Waals surface area contributed by atoms with E-state index < -0.39 is 5.97 Å². The molecule has 0 fully saturated rings. The number of nitrogens with two attached hydrogens (primary N) is 1. The van der Waals surface area contributed by atoms with E-state index >= 15 is 0 Å². The summed E-state index contributed by atoms with van der Waals surface area (Å²) in [6, 6.07) is 7.38. The topological polar surface area (TPSA) is 72.5 Å². The molecule has 1 rings (SSSR count). The quantitative estimate of drug-likeness (QED) is 0.865. The Balaban J connectivity index is 0.000000494. The van der Waals surface area contributed by atoms with Crippen molar-refractivity contribution in [2.45, 2.75) is 32.8 Å². The van der Waals surface area contributed by atoms with Crippen molar-refractivity contribution in [3.8, 4) is 5.75 Å². The summed E-state index contributed by atoms with van der Waals surface area (Å²) in [5.41, 5.74) is 5.41. The van der Waals surface area contributed by atoms with Crippen molar-refractivity contribution in [1.82, 2.24) is 0 Å². The lowest BCUT2D eigenvalue weighted by Crippen LogP contribution is -2.16. The largest absolute Gasteiger partial charge is 0.491 e. The third-order valence-electron chi connectivity index (χ3n) is 2.01. The van der Waals surface area contributed by atoms with Crippen LogP contribution in [0.4, 0.5) is 0 Å². The van der Waals surface area contributed by atoms with Crippen LogP contribution in [0.15, 0.2) is 24.3 Å². The SMILES string of the molecule is CC(CCN)Oc1cccc(Cl)c1.CCC(=O)O. The summed E-state index contributed by atoms with van der Waals surface area (Å²) in [7, 11) is 0. The van der Waals surface area contributed by atoms with Gasteiger partial charge in [-0.2, -0.15) is 0 Å². The van der Waals surface area contributed by atoms with Crippen LogP contribution in [0.25, 0.3) is 0 Å². The second-order valence-electron chi connectivity index (χ2n) is 3.71. The third-order valence-corrected chi connectivity index (χ3v) is 2.24. The van der Waals surface area contributed by atoms with Crippen LogP contribution in [0.1, 0.15) is 26.7 Å². The molecule has 1 atom stereocenters. The number of hydrogen-bond donors (Lipinski definition) is 2. The number of rotatable bonds is 5. The minimum Gasteiger partial charge on any atom is -0.491 e. The molecular formula is C13H20ClNO3. The van der Waals surface area contributed by atoms with Crippen LogP contribution in [-0.4, -0.2) is 23.7 Å². The van der Waals surface area contributed by atoms with Gasteiger partial charge in [-0.3, -0.25) is 4.79 Å². The van der Waals surface area contributed by atoms with E-state index in [4.69, 9.17) is 27.2 Å². The minimum absolute atomic E-state index is 0.142. The summed E-state index contributed by atoms with van der Waals surface area (Å²) in [5.74, 6) is 0.0541. The van der Waals surface area contributed by atoms with Crippen molar-refractivity contribution in [3.05, 3.63) is 29.3 Å². The maximum Gasteiger partial charge on any atom is 0.303 e. The fourth-order valence-corrected chi connectivity index (χ4v) is 1.25. The molecule has 4 nitrogen and oxygen atoms in total. The highest BCUT2D eigenvalue weighted by atomic mass is 35.5. The summed E-state index contributed by atoms with van der Waals surface area (Å²) < 4.78 is 5.57. The molecule has 0 spiro atoms. The first-order valence-corrected chi connectivity index (χ1v) is 6.21. The third kappa shape index (κ3) is 8.84. The van der Waals surface area contributed by atoms with Crippen molar-refractivity contribution in [3.63, 3.8) is 0 Å². The Kier molecular flexibility index (Phi) is 9.06. The van der Waals surface area contributed by atoms with Crippen LogP contribution < -0.4 is 10.5 Å². The first-order valence-electron chi connectivity index (χ1n) is 5.83. The van der Waals surface area contributed by atoms with Gasteiger partial charge in [-0.1, -0.05) is 24.6 Å². The first kappa shape index (κ1) is 16.7. The zero-order valence-electron chi connectivity index (χ0n) is 10.7. The lowest BCUT2D eigenvalue weighted by Gasteiger charge is -2.13. The van der Waals surface area contributed by atoms with Crippen molar-refractivity contribution in [2.75, 3.05) is 6.54 Å². The lowest BCUT2D eigenvalue weighted by atomic mass is 10.3. The maximum absolute atomic E-state index is 9.37. The van der Waals surface area contributed by atoms with Crippen LogP contribution in [0.3, 0.4) is 0 Å². The predicted octanol–water partition coefficient (Wildman–Crippen LogP) is 2.94. The monoisotopic (exact) mass is 273 g/mol. The molecular weight excluding hydrogens is 254 g/mol. The maximum atomic E-state index is 9.37. The van der Waals surface area contributed by atoms with E-state index in [1.165, 1.54) is 0 Å². The van der Waals surface area contributed by atoms with Gasteiger partial charge in [-0.25, -0.2) is 0 Å². The van der Waals surface area contributed by atoms with Crippen molar-refractivity contribution >= 4 is 17.6 Å². The van der Waals surface area contributed by atoms with Gasteiger partial charge in [0.1, 0.15) is 5.75 Å². The van der Waals surface area contributed by atoms with Crippen molar-refractivity contribution in [1.29, 1.82) is 0 Å². The Hall–Kier alpha value is -1.26. The Morgan fingerprint density at radius 2 is 2.17 bits per heavy atom. The summed E-state index contributed by atoms with van der Waals surface area (Å²) in [4.78, 5) is 9.37. The van der Waals surface area contributed by atoms with Crippen LogP contribution in [0.2, 0.25) is 5.02 Å². The zero-order chi connectivity index (χ0) is 14.0. The molecule has 1 unspecified atom stereocenters. The predicted molar refractivity (Wildman–Crippen MR) is 73.1 cm³/mol. The molecule has 18 heavy (non-hydrogen) atoms. The molecule has 0 saturated heterocycles. The number of carbonyl (C=O) groups is 1. The highest BCUT2D eigenvalue weighted by molar-refractivity contribution is 6.30. The second-order valence-corrected chi connectivity index (χ2v) is 4.15. The molecule has 1 aromatic rings. The molecule has 0 saturated carbocycles. The number of hydrogen-bond acceptors (Lipinski definition) is 3. The van der Waals surface area contributed by atoms with E-state index in [-0.39, 0.29) is 12.5 Å². The van der Waals surface area contributed by atoms with Crippen molar-refractivity contribution in [2.24, 2.45) is 5.73 Å². The Morgan fingerprint density at radius 3 is 2.61 bits per heavy atom. The van der Waals surface area contributed by atoms with Gasteiger partial charge in [0.25, 0.3) is 0 Å². The highest BCUT2D eigenvalue weighted by Gasteiger charge is 2.02. The van der Waals surface area contributed by atoms with Gasteiger partial charge in [0.05, 0.1) is 6.10 Å². The number of benzene rings is 1. The molecule has 0 radical (unpaired) electrons. The molecule has 0 amide bonds. The summed E-state index contributed by atoms with van der Waals surface area (Å²) >= 11 is 5.80. The highest BCUT2D eigenvalue weighted by Crippen LogP contribution is 2.18. The molecule has 102 valence electrons. The van der Waals surface area contributed by atoms with E-state index in [1.54, 1.807) is 13.0 Å². The normalized spacial score (nSPS) is 11.1. The van der Waals surface area contributed by atoms with Gasteiger partial charge in [-0.05, 0) is 38.1 Å². The van der Waals surface area contributed by atoms with Gasteiger partial charge >= 0.3 is 5.97 Å². The average Bonchev–Trinajstić information content (AvgIpc) is 2.30. The summed E-state index contributed by atoms with van der Waals surface area (Å²) in [6.07, 6.45) is 1.22. The Bertz CT molecular complexity index is 358. The fourth-order valence-electron chi connectivity index (χ4n) is 1.07. The average molecular weight is 274 g/mol. The molecule has 0 heterocycles. The number of carboxylic acid groups (broad SMARTS) is 1. The van der Waals surface area contributed by atoms with Gasteiger partial charge in [0.2, 0.25) is 0 Å². The molecule has 0 bridgehead atoms. The number of carboxylic acids is 1. The number of halogens is 1. The fraction of sp³-hybridized carbons (Fsp3) is 0.462. The molecule has 0 aliphatic heterocycles. The van der Waals surface area contributed by atoms with E-state index in [1.807, 2.05) is 25.1 Å². The molecule has 0 aliphatic rings. The zero-order valence-corrected chi connectivity index (χ0v) is 11.5. The van der Waals surface area contributed by atoms with E-state index in [9.17, 15) is 4.79 Å².